The lowest BCUT2D eigenvalue weighted by molar-refractivity contribution is -0.123. The smallest absolute Gasteiger partial charge is 0.314 e. The average Bonchev–Trinajstić information content (AvgIpc) is 3.07. The molecule has 8 nitrogen and oxygen atoms in total. The van der Waals surface area contributed by atoms with Crippen molar-refractivity contribution in [2.24, 2.45) is 0 Å². The lowest BCUT2D eigenvalue weighted by atomic mass is 10.2. The Morgan fingerprint density at radius 2 is 2.00 bits per heavy atom. The highest BCUT2D eigenvalue weighted by molar-refractivity contribution is 7.91. The number of nitrogens with zero attached hydrogens (tertiary/aromatic N) is 2. The fraction of sp³-hybridized carbons (Fsp3) is 0.286. The highest BCUT2D eigenvalue weighted by Gasteiger charge is 2.29. The summed E-state index contributed by atoms with van der Waals surface area (Å²) in [5.41, 5.74) is 1.49. The summed E-state index contributed by atoms with van der Waals surface area (Å²) in [4.78, 5) is 29.5. The van der Waals surface area contributed by atoms with Crippen molar-refractivity contribution in [2.75, 3.05) is 18.1 Å². The van der Waals surface area contributed by atoms with E-state index in [9.17, 15) is 18.0 Å². The van der Waals surface area contributed by atoms with Crippen LogP contribution in [0.2, 0.25) is 5.02 Å². The molecular formula is C21H20ClN3O5S. The van der Waals surface area contributed by atoms with Gasteiger partial charge in [-0.15, -0.1) is 0 Å². The minimum atomic E-state index is -3.11. The van der Waals surface area contributed by atoms with Crippen LogP contribution in [0.5, 0.6) is 5.88 Å². The highest BCUT2D eigenvalue weighted by Crippen LogP contribution is 2.19. The van der Waals surface area contributed by atoms with Gasteiger partial charge in [-0.25, -0.2) is 13.4 Å². The van der Waals surface area contributed by atoms with Gasteiger partial charge in [-0.3, -0.25) is 14.2 Å². The third-order valence-electron chi connectivity index (χ3n) is 5.00. The molecule has 0 saturated carbocycles. The molecule has 1 aromatic heterocycles. The zero-order chi connectivity index (χ0) is 22.0. The van der Waals surface area contributed by atoms with Crippen molar-refractivity contribution in [3.63, 3.8) is 0 Å². The lowest BCUT2D eigenvalue weighted by Crippen LogP contribution is -2.39. The van der Waals surface area contributed by atoms with Crippen molar-refractivity contribution >= 4 is 38.4 Å². The molecule has 1 N–H and O–H groups in total. The predicted octanol–water partition coefficient (Wildman–Crippen LogP) is 1.78. The summed E-state index contributed by atoms with van der Waals surface area (Å²) in [6, 6.07) is 14.0. The first kappa shape index (κ1) is 21.3. The van der Waals surface area contributed by atoms with E-state index in [4.69, 9.17) is 16.3 Å². The second-order valence-electron chi connectivity index (χ2n) is 7.38. The predicted molar refractivity (Wildman–Crippen MR) is 117 cm³/mol. The highest BCUT2D eigenvalue weighted by atomic mass is 35.5. The number of nitrogens with one attached hydrogen (secondary N) is 1. The fourth-order valence-electron chi connectivity index (χ4n) is 3.53. The van der Waals surface area contributed by atoms with Gasteiger partial charge >= 0.3 is 5.56 Å². The van der Waals surface area contributed by atoms with Crippen LogP contribution >= 0.6 is 11.6 Å². The second-order valence-corrected chi connectivity index (χ2v) is 10.0. The summed E-state index contributed by atoms with van der Waals surface area (Å²) in [7, 11) is -3.11. The van der Waals surface area contributed by atoms with Crippen molar-refractivity contribution in [3.8, 4) is 5.88 Å². The number of aromatic nitrogens is 2. The fourth-order valence-corrected chi connectivity index (χ4v) is 5.37. The van der Waals surface area contributed by atoms with Gasteiger partial charge in [0.2, 0.25) is 0 Å². The number of fused-ring (bicyclic) bond motifs is 1. The number of hydrogen-bond acceptors (Lipinski definition) is 6. The molecule has 0 aliphatic carbocycles. The third kappa shape index (κ3) is 5.05. The number of sulfone groups is 1. The van der Waals surface area contributed by atoms with Crippen molar-refractivity contribution < 1.29 is 17.9 Å². The molecule has 1 fully saturated rings. The molecule has 1 amide bonds. The molecule has 1 aliphatic heterocycles. The molecule has 31 heavy (non-hydrogen) atoms. The summed E-state index contributed by atoms with van der Waals surface area (Å²) in [6.07, 6.45) is 0.366. The first-order chi connectivity index (χ1) is 14.8. The molecule has 3 aromatic rings. The Labute approximate surface area is 183 Å². The van der Waals surface area contributed by atoms with E-state index >= 15 is 0 Å². The van der Waals surface area contributed by atoms with Crippen LogP contribution in [0.4, 0.5) is 0 Å². The number of hydrogen-bond donors (Lipinski definition) is 1. The van der Waals surface area contributed by atoms with E-state index in [0.717, 1.165) is 5.56 Å². The van der Waals surface area contributed by atoms with Gasteiger partial charge in [0.05, 0.1) is 29.1 Å². The maximum absolute atomic E-state index is 13.0. The Balaban J connectivity index is 1.58. The largest absolute Gasteiger partial charge is 0.464 e. The van der Waals surface area contributed by atoms with E-state index in [0.29, 0.717) is 29.0 Å². The van der Waals surface area contributed by atoms with Crippen molar-refractivity contribution in [2.45, 2.75) is 19.0 Å². The molecular weight excluding hydrogens is 442 g/mol. The van der Waals surface area contributed by atoms with Crippen LogP contribution in [0.1, 0.15) is 12.0 Å². The zero-order valence-corrected chi connectivity index (χ0v) is 18.0. The summed E-state index contributed by atoms with van der Waals surface area (Å²) in [5.74, 6) is -0.769. The molecule has 4 rings (SSSR count). The van der Waals surface area contributed by atoms with Gasteiger partial charge < -0.3 is 10.1 Å². The normalized spacial score (nSPS) is 17.5. The number of halogens is 1. The minimum absolute atomic E-state index is 0.0516. The molecule has 1 atom stereocenters. The summed E-state index contributed by atoms with van der Waals surface area (Å²) >= 11 is 6.09. The van der Waals surface area contributed by atoms with Gasteiger partial charge in [-0.05, 0) is 30.2 Å². The maximum atomic E-state index is 13.0. The van der Waals surface area contributed by atoms with Gasteiger partial charge in [-0.2, -0.15) is 0 Å². The van der Waals surface area contributed by atoms with Crippen LogP contribution in [0, 0.1) is 0 Å². The molecule has 0 bridgehead atoms. The average molecular weight is 462 g/mol. The van der Waals surface area contributed by atoms with Crippen LogP contribution in [-0.2, 0) is 21.2 Å². The molecule has 0 radical (unpaired) electrons. The lowest BCUT2D eigenvalue weighted by Gasteiger charge is -2.14. The van der Waals surface area contributed by atoms with Crippen LogP contribution in [0.25, 0.3) is 11.0 Å². The number of rotatable bonds is 6. The Bertz CT molecular complexity index is 1290. The van der Waals surface area contributed by atoms with E-state index in [1.54, 1.807) is 18.2 Å². The first-order valence-corrected chi connectivity index (χ1v) is 11.9. The summed E-state index contributed by atoms with van der Waals surface area (Å²) < 4.78 is 30.0. The maximum Gasteiger partial charge on any atom is 0.314 e. The third-order valence-corrected chi connectivity index (χ3v) is 7.00. The number of benzene rings is 2. The SMILES string of the molecule is O=C(COc1nc2cc(Cl)ccc2n(Cc2ccccc2)c1=O)N[C@@H]1CCS(=O)(=O)C1. The van der Waals surface area contributed by atoms with Crippen LogP contribution in [0.3, 0.4) is 0 Å². The quantitative estimate of drug-likeness (QED) is 0.599. The number of carbonyl (C=O) groups is 1. The van der Waals surface area contributed by atoms with Crippen molar-refractivity contribution in [1.29, 1.82) is 0 Å². The number of amides is 1. The van der Waals surface area contributed by atoms with Crippen LogP contribution in [-0.4, -0.2) is 48.0 Å². The van der Waals surface area contributed by atoms with Gasteiger partial charge in [0.25, 0.3) is 11.8 Å². The minimum Gasteiger partial charge on any atom is -0.464 e. The number of ether oxygens (including phenoxy) is 1. The molecule has 0 unspecified atom stereocenters. The van der Waals surface area contributed by atoms with E-state index < -0.39 is 34.0 Å². The Kier molecular flexibility index (Phi) is 5.97. The first-order valence-electron chi connectivity index (χ1n) is 9.67. The number of carbonyl (C=O) groups excluding carboxylic acids is 1. The molecule has 162 valence electrons. The van der Waals surface area contributed by atoms with Gasteiger partial charge in [0.1, 0.15) is 0 Å². The van der Waals surface area contributed by atoms with E-state index in [2.05, 4.69) is 10.3 Å². The van der Waals surface area contributed by atoms with Crippen molar-refractivity contribution in [3.05, 3.63) is 69.5 Å². The molecule has 10 heteroatoms. The van der Waals surface area contributed by atoms with E-state index in [1.165, 1.54) is 4.57 Å². The molecule has 0 spiro atoms. The monoisotopic (exact) mass is 461 g/mol. The summed E-state index contributed by atoms with van der Waals surface area (Å²) in [5, 5.41) is 3.08. The van der Waals surface area contributed by atoms with Crippen molar-refractivity contribution in [1.82, 2.24) is 14.9 Å². The van der Waals surface area contributed by atoms with Gasteiger partial charge in [0.15, 0.2) is 16.4 Å². The second kappa shape index (κ2) is 8.68. The molecule has 2 heterocycles. The molecule has 2 aromatic carbocycles. The van der Waals surface area contributed by atoms with Gasteiger partial charge in [0, 0.05) is 11.1 Å². The van der Waals surface area contributed by atoms with E-state index in [-0.39, 0.29) is 17.4 Å². The molecule has 1 saturated heterocycles. The standard InChI is InChI=1S/C21H20ClN3O5S/c22-15-6-7-18-17(10-15)24-20(21(27)25(18)11-14-4-2-1-3-5-14)30-12-19(26)23-16-8-9-31(28,29)13-16/h1-7,10,16H,8-9,11-13H2,(H,23,26)/t16-/m1/s1. The topological polar surface area (TPSA) is 107 Å². The summed E-state index contributed by atoms with van der Waals surface area (Å²) in [6.45, 7) is -0.154. The van der Waals surface area contributed by atoms with Gasteiger partial charge in [-0.1, -0.05) is 41.9 Å². The van der Waals surface area contributed by atoms with Crippen LogP contribution < -0.4 is 15.6 Å². The Morgan fingerprint density at radius 3 is 2.71 bits per heavy atom. The van der Waals surface area contributed by atoms with E-state index in [1.807, 2.05) is 30.3 Å². The zero-order valence-electron chi connectivity index (χ0n) is 16.5. The Hall–Kier alpha value is -2.91. The Morgan fingerprint density at radius 1 is 1.23 bits per heavy atom. The molecule has 1 aliphatic rings. The van der Waals surface area contributed by atoms with Crippen LogP contribution in [0.15, 0.2) is 53.3 Å².